The Morgan fingerprint density at radius 3 is 3.18 bits per heavy atom. The van der Waals surface area contributed by atoms with Crippen LogP contribution in [0, 0.1) is 5.92 Å². The van der Waals surface area contributed by atoms with E-state index in [0.717, 1.165) is 12.0 Å². The molecule has 2 heteroatoms. The predicted molar refractivity (Wildman–Crippen MR) is 46.6 cm³/mol. The van der Waals surface area contributed by atoms with E-state index in [-0.39, 0.29) is 0 Å². The van der Waals surface area contributed by atoms with Crippen LogP contribution in [0.4, 0.5) is 0 Å². The van der Waals surface area contributed by atoms with Gasteiger partial charge in [0.15, 0.2) is 0 Å². The molecule has 0 amide bonds. The van der Waals surface area contributed by atoms with Crippen molar-refractivity contribution in [3.63, 3.8) is 0 Å². The molecule has 2 aliphatic heterocycles. The summed E-state index contributed by atoms with van der Waals surface area (Å²) in [4.78, 5) is 2.66. The molecule has 2 nitrogen and oxygen atoms in total. The van der Waals surface area contributed by atoms with Crippen molar-refractivity contribution in [2.45, 2.75) is 25.8 Å². The molecule has 0 aliphatic carbocycles. The standard InChI is InChI=1S/C9H18N2/c1-8-2-3-9-6-10-4-5-11(9)7-8/h8-10H,2-7H2,1H3. The van der Waals surface area contributed by atoms with E-state index in [0.29, 0.717) is 0 Å². The van der Waals surface area contributed by atoms with Crippen LogP contribution in [0.25, 0.3) is 0 Å². The smallest absolute Gasteiger partial charge is 0.0221 e. The molecule has 0 aromatic rings. The average Bonchev–Trinajstić information content (AvgIpc) is 2.04. The molecule has 11 heavy (non-hydrogen) atoms. The maximum atomic E-state index is 3.46. The van der Waals surface area contributed by atoms with E-state index in [9.17, 15) is 0 Å². The summed E-state index contributed by atoms with van der Waals surface area (Å²) >= 11 is 0. The number of hydrogen-bond acceptors (Lipinski definition) is 2. The highest BCUT2D eigenvalue weighted by Crippen LogP contribution is 2.21. The number of hydrogen-bond donors (Lipinski definition) is 1. The maximum Gasteiger partial charge on any atom is 0.0221 e. The van der Waals surface area contributed by atoms with Gasteiger partial charge in [0.1, 0.15) is 0 Å². The second kappa shape index (κ2) is 3.11. The van der Waals surface area contributed by atoms with Crippen molar-refractivity contribution in [2.24, 2.45) is 5.92 Å². The molecular formula is C9H18N2. The summed E-state index contributed by atoms with van der Waals surface area (Å²) in [5.74, 6) is 0.935. The number of nitrogens with one attached hydrogen (secondary N) is 1. The SMILES string of the molecule is CC1CCC2CNCCN2C1. The summed E-state index contributed by atoms with van der Waals surface area (Å²) in [7, 11) is 0. The predicted octanol–water partition coefficient (Wildman–Crippen LogP) is 0.690. The van der Waals surface area contributed by atoms with E-state index in [1.54, 1.807) is 0 Å². The van der Waals surface area contributed by atoms with Gasteiger partial charge in [0.05, 0.1) is 0 Å². The summed E-state index contributed by atoms with van der Waals surface area (Å²) in [6, 6.07) is 0.861. The van der Waals surface area contributed by atoms with E-state index in [2.05, 4.69) is 17.1 Å². The summed E-state index contributed by atoms with van der Waals surface area (Å²) < 4.78 is 0. The van der Waals surface area contributed by atoms with Gasteiger partial charge in [-0.3, -0.25) is 4.90 Å². The summed E-state index contributed by atoms with van der Waals surface area (Å²) in [5, 5.41) is 3.46. The van der Waals surface area contributed by atoms with Gasteiger partial charge in [-0.05, 0) is 18.8 Å². The minimum absolute atomic E-state index is 0.861. The molecule has 2 heterocycles. The van der Waals surface area contributed by atoms with Crippen LogP contribution in [-0.4, -0.2) is 37.1 Å². The highest BCUT2D eigenvalue weighted by Gasteiger charge is 2.27. The van der Waals surface area contributed by atoms with Crippen LogP contribution in [0.2, 0.25) is 0 Å². The Kier molecular flexibility index (Phi) is 2.14. The van der Waals surface area contributed by atoms with Crippen LogP contribution in [0.5, 0.6) is 0 Å². The zero-order valence-electron chi connectivity index (χ0n) is 7.34. The summed E-state index contributed by atoms with van der Waals surface area (Å²) in [6.07, 6.45) is 2.84. The van der Waals surface area contributed by atoms with E-state index in [1.807, 2.05) is 0 Å². The van der Waals surface area contributed by atoms with Crippen LogP contribution in [0.1, 0.15) is 19.8 Å². The summed E-state index contributed by atoms with van der Waals surface area (Å²) in [5.41, 5.74) is 0. The molecule has 0 spiro atoms. The fourth-order valence-corrected chi connectivity index (χ4v) is 2.30. The minimum atomic E-state index is 0.861. The fraction of sp³-hybridized carbons (Fsp3) is 1.00. The Balaban J connectivity index is 1.93. The monoisotopic (exact) mass is 154 g/mol. The third kappa shape index (κ3) is 1.57. The highest BCUT2D eigenvalue weighted by molar-refractivity contribution is 4.84. The van der Waals surface area contributed by atoms with Crippen molar-refractivity contribution < 1.29 is 0 Å². The third-order valence-electron chi connectivity index (χ3n) is 3.01. The van der Waals surface area contributed by atoms with Crippen molar-refractivity contribution in [3.05, 3.63) is 0 Å². The Labute approximate surface area is 69.0 Å². The molecule has 0 bridgehead atoms. The quantitative estimate of drug-likeness (QED) is 0.552. The number of nitrogens with zero attached hydrogens (tertiary/aromatic N) is 1. The molecule has 64 valence electrons. The van der Waals surface area contributed by atoms with E-state index in [1.165, 1.54) is 39.0 Å². The lowest BCUT2D eigenvalue weighted by molar-refractivity contribution is 0.0913. The lowest BCUT2D eigenvalue weighted by Crippen LogP contribution is -2.54. The topological polar surface area (TPSA) is 15.3 Å². The second-order valence-corrected chi connectivity index (χ2v) is 4.04. The molecule has 2 rings (SSSR count). The lowest BCUT2D eigenvalue weighted by atomic mass is 9.93. The zero-order chi connectivity index (χ0) is 7.68. The van der Waals surface area contributed by atoms with Gasteiger partial charge in [0.25, 0.3) is 0 Å². The largest absolute Gasteiger partial charge is 0.314 e. The van der Waals surface area contributed by atoms with Crippen LogP contribution >= 0.6 is 0 Å². The first-order chi connectivity index (χ1) is 5.36. The van der Waals surface area contributed by atoms with Gasteiger partial charge >= 0.3 is 0 Å². The first-order valence-electron chi connectivity index (χ1n) is 4.81. The zero-order valence-corrected chi connectivity index (χ0v) is 7.34. The third-order valence-corrected chi connectivity index (χ3v) is 3.01. The molecule has 0 aromatic heterocycles. The van der Waals surface area contributed by atoms with Gasteiger partial charge in [0, 0.05) is 32.2 Å². The molecule has 2 unspecified atom stereocenters. The van der Waals surface area contributed by atoms with Gasteiger partial charge in [-0.2, -0.15) is 0 Å². The van der Waals surface area contributed by atoms with Crippen molar-refractivity contribution in [3.8, 4) is 0 Å². The van der Waals surface area contributed by atoms with Crippen LogP contribution < -0.4 is 5.32 Å². The fourth-order valence-electron chi connectivity index (χ4n) is 2.30. The van der Waals surface area contributed by atoms with E-state index in [4.69, 9.17) is 0 Å². The van der Waals surface area contributed by atoms with Crippen LogP contribution in [0.3, 0.4) is 0 Å². The van der Waals surface area contributed by atoms with Crippen molar-refractivity contribution in [2.75, 3.05) is 26.2 Å². The Morgan fingerprint density at radius 2 is 2.27 bits per heavy atom. The van der Waals surface area contributed by atoms with Crippen LogP contribution in [0.15, 0.2) is 0 Å². The first kappa shape index (κ1) is 7.56. The van der Waals surface area contributed by atoms with Gasteiger partial charge < -0.3 is 5.32 Å². The average molecular weight is 154 g/mol. The first-order valence-corrected chi connectivity index (χ1v) is 4.81. The van der Waals surface area contributed by atoms with Gasteiger partial charge in [-0.1, -0.05) is 6.92 Å². The molecule has 0 saturated carbocycles. The van der Waals surface area contributed by atoms with Gasteiger partial charge in [-0.15, -0.1) is 0 Å². The Morgan fingerprint density at radius 1 is 1.36 bits per heavy atom. The lowest BCUT2D eigenvalue weighted by Gasteiger charge is -2.41. The second-order valence-electron chi connectivity index (χ2n) is 4.04. The maximum absolute atomic E-state index is 3.46. The van der Waals surface area contributed by atoms with Crippen LogP contribution in [-0.2, 0) is 0 Å². The van der Waals surface area contributed by atoms with E-state index < -0.39 is 0 Å². The summed E-state index contributed by atoms with van der Waals surface area (Å²) in [6.45, 7) is 7.41. The number of piperazine rings is 1. The number of fused-ring (bicyclic) bond motifs is 1. The number of rotatable bonds is 0. The van der Waals surface area contributed by atoms with Crippen molar-refractivity contribution in [1.82, 2.24) is 10.2 Å². The molecule has 2 saturated heterocycles. The molecule has 0 radical (unpaired) electrons. The van der Waals surface area contributed by atoms with Gasteiger partial charge in [-0.25, -0.2) is 0 Å². The molecular weight excluding hydrogens is 136 g/mol. The molecule has 1 N–H and O–H groups in total. The minimum Gasteiger partial charge on any atom is -0.314 e. The van der Waals surface area contributed by atoms with Crippen molar-refractivity contribution in [1.29, 1.82) is 0 Å². The normalized spacial score (nSPS) is 40.1. The molecule has 2 aliphatic rings. The van der Waals surface area contributed by atoms with E-state index >= 15 is 0 Å². The number of piperidine rings is 1. The van der Waals surface area contributed by atoms with Crippen molar-refractivity contribution >= 4 is 0 Å². The Hall–Kier alpha value is -0.0800. The molecule has 0 aromatic carbocycles. The molecule has 2 fully saturated rings. The van der Waals surface area contributed by atoms with Gasteiger partial charge in [0.2, 0.25) is 0 Å². The highest BCUT2D eigenvalue weighted by atomic mass is 15.2. The Bertz CT molecular complexity index is 136. The molecule has 2 atom stereocenters.